The Morgan fingerprint density at radius 1 is 1.26 bits per heavy atom. The molecule has 0 saturated carbocycles. The van der Waals surface area contributed by atoms with E-state index in [-0.39, 0.29) is 24.0 Å². The highest BCUT2D eigenvalue weighted by atomic mass is 32.2. The number of benzene rings is 2. The van der Waals surface area contributed by atoms with E-state index in [4.69, 9.17) is 9.47 Å². The number of fused-ring (bicyclic) bond motifs is 1. The van der Waals surface area contributed by atoms with Crippen molar-refractivity contribution < 1.29 is 27.5 Å². The van der Waals surface area contributed by atoms with Crippen LogP contribution in [0, 0.1) is 6.92 Å². The number of aryl methyl sites for hydroxylation is 1. The fourth-order valence-corrected chi connectivity index (χ4v) is 5.47. The zero-order chi connectivity index (χ0) is 22.2. The Bertz CT molecular complexity index is 1150. The Morgan fingerprint density at radius 2 is 2.06 bits per heavy atom. The number of nitrogens with zero attached hydrogens (tertiary/aromatic N) is 1. The van der Waals surface area contributed by atoms with Crippen LogP contribution in [-0.2, 0) is 19.6 Å². The number of sulfonamides is 1. The molecular formula is C21H23N3O6S. The molecule has 0 spiro atoms. The number of methoxy groups -OCH3 is 1. The monoisotopic (exact) mass is 445 g/mol. The van der Waals surface area contributed by atoms with Crippen LogP contribution in [-0.4, -0.2) is 50.8 Å². The Hall–Kier alpha value is -3.11. The molecular weight excluding hydrogens is 422 g/mol. The molecule has 2 aromatic carbocycles. The summed E-state index contributed by atoms with van der Waals surface area (Å²) in [6.45, 7) is 2.00. The Balaban J connectivity index is 1.59. The molecule has 31 heavy (non-hydrogen) atoms. The van der Waals surface area contributed by atoms with Gasteiger partial charge in [-0.2, -0.15) is 4.31 Å². The van der Waals surface area contributed by atoms with E-state index in [0.717, 1.165) is 5.56 Å². The molecule has 1 fully saturated rings. The highest BCUT2D eigenvalue weighted by molar-refractivity contribution is 7.89. The molecule has 0 unspecified atom stereocenters. The summed E-state index contributed by atoms with van der Waals surface area (Å²) in [7, 11) is -2.46. The summed E-state index contributed by atoms with van der Waals surface area (Å²) in [6, 6.07) is 8.82. The van der Waals surface area contributed by atoms with E-state index < -0.39 is 22.0 Å². The first kappa shape index (κ1) is 21.1. The Labute approximate surface area is 180 Å². The lowest BCUT2D eigenvalue weighted by molar-refractivity contribution is -0.119. The number of carbonyl (C=O) groups excluding carboxylic acids is 2. The van der Waals surface area contributed by atoms with Crippen molar-refractivity contribution in [3.8, 4) is 11.5 Å². The number of ether oxygens (including phenoxy) is 2. The number of anilines is 2. The van der Waals surface area contributed by atoms with Crippen LogP contribution < -0.4 is 20.1 Å². The smallest absolute Gasteiger partial charge is 0.262 e. The second kappa shape index (κ2) is 8.20. The molecule has 2 amide bonds. The van der Waals surface area contributed by atoms with Crippen molar-refractivity contribution in [2.24, 2.45) is 0 Å². The minimum Gasteiger partial charge on any atom is -0.495 e. The normalized spacial score (nSPS) is 18.6. The summed E-state index contributed by atoms with van der Waals surface area (Å²) < 4.78 is 38.4. The van der Waals surface area contributed by atoms with Gasteiger partial charge in [0.15, 0.2) is 6.61 Å². The molecule has 1 atom stereocenters. The molecule has 9 nitrogen and oxygen atoms in total. The number of rotatable bonds is 5. The molecule has 0 bridgehead atoms. The molecule has 0 aromatic heterocycles. The van der Waals surface area contributed by atoms with Crippen LogP contribution >= 0.6 is 0 Å². The van der Waals surface area contributed by atoms with E-state index >= 15 is 0 Å². The van der Waals surface area contributed by atoms with Gasteiger partial charge >= 0.3 is 0 Å². The van der Waals surface area contributed by atoms with Gasteiger partial charge in [-0.3, -0.25) is 9.59 Å². The third-order valence-corrected chi connectivity index (χ3v) is 7.21. The number of nitrogens with one attached hydrogen (secondary N) is 2. The molecule has 1 saturated heterocycles. The molecule has 10 heteroatoms. The maximum Gasteiger partial charge on any atom is 0.262 e. The molecule has 2 heterocycles. The lowest BCUT2D eigenvalue weighted by atomic mass is 10.1. The maximum atomic E-state index is 13.3. The molecule has 4 rings (SSSR count). The Morgan fingerprint density at radius 3 is 2.84 bits per heavy atom. The third kappa shape index (κ3) is 4.08. The van der Waals surface area contributed by atoms with E-state index in [1.807, 2.05) is 13.0 Å². The topological polar surface area (TPSA) is 114 Å². The van der Waals surface area contributed by atoms with Crippen LogP contribution in [0.25, 0.3) is 0 Å². The molecule has 2 N–H and O–H groups in total. The molecule has 2 aromatic rings. The van der Waals surface area contributed by atoms with Gasteiger partial charge in [-0.15, -0.1) is 0 Å². The zero-order valence-corrected chi connectivity index (χ0v) is 18.0. The van der Waals surface area contributed by atoms with Gasteiger partial charge in [-0.1, -0.05) is 6.07 Å². The van der Waals surface area contributed by atoms with Gasteiger partial charge in [0.1, 0.15) is 17.5 Å². The van der Waals surface area contributed by atoms with Gasteiger partial charge in [0, 0.05) is 6.54 Å². The van der Waals surface area contributed by atoms with Crippen molar-refractivity contribution in [3.05, 3.63) is 42.0 Å². The average molecular weight is 445 g/mol. The van der Waals surface area contributed by atoms with E-state index in [1.165, 1.54) is 29.6 Å². The highest BCUT2D eigenvalue weighted by Crippen LogP contribution is 2.34. The van der Waals surface area contributed by atoms with Gasteiger partial charge < -0.3 is 20.1 Å². The van der Waals surface area contributed by atoms with Gasteiger partial charge in [0.2, 0.25) is 15.9 Å². The van der Waals surface area contributed by atoms with Crippen molar-refractivity contribution in [1.82, 2.24) is 4.31 Å². The van der Waals surface area contributed by atoms with Crippen molar-refractivity contribution in [2.75, 3.05) is 30.9 Å². The Kier molecular flexibility index (Phi) is 5.59. The summed E-state index contributed by atoms with van der Waals surface area (Å²) in [6.07, 6.45) is 0.969. The molecule has 164 valence electrons. The first-order chi connectivity index (χ1) is 14.8. The maximum absolute atomic E-state index is 13.3. The van der Waals surface area contributed by atoms with E-state index in [2.05, 4.69) is 10.6 Å². The molecule has 2 aliphatic heterocycles. The second-order valence-electron chi connectivity index (χ2n) is 7.46. The summed E-state index contributed by atoms with van der Waals surface area (Å²) in [5, 5.41) is 5.41. The van der Waals surface area contributed by atoms with E-state index in [0.29, 0.717) is 35.7 Å². The van der Waals surface area contributed by atoms with E-state index in [1.54, 1.807) is 12.1 Å². The molecule has 2 aliphatic rings. The van der Waals surface area contributed by atoms with Crippen molar-refractivity contribution in [1.29, 1.82) is 0 Å². The predicted octanol–water partition coefficient (Wildman–Crippen LogP) is 2.13. The second-order valence-corrected chi connectivity index (χ2v) is 9.35. The van der Waals surface area contributed by atoms with Crippen LogP contribution in [0.2, 0.25) is 0 Å². The van der Waals surface area contributed by atoms with Gasteiger partial charge in [-0.25, -0.2) is 8.42 Å². The number of hydrogen-bond acceptors (Lipinski definition) is 6. The van der Waals surface area contributed by atoms with Crippen LogP contribution in [0.3, 0.4) is 0 Å². The summed E-state index contributed by atoms with van der Waals surface area (Å²) in [5.74, 6) is 0.129. The number of amides is 2. The summed E-state index contributed by atoms with van der Waals surface area (Å²) in [4.78, 5) is 24.6. The van der Waals surface area contributed by atoms with Crippen molar-refractivity contribution in [3.63, 3.8) is 0 Å². The zero-order valence-electron chi connectivity index (χ0n) is 17.2. The number of carbonyl (C=O) groups is 2. The molecule has 0 radical (unpaired) electrons. The molecule has 0 aliphatic carbocycles. The predicted molar refractivity (Wildman–Crippen MR) is 114 cm³/mol. The van der Waals surface area contributed by atoms with Crippen LogP contribution in [0.4, 0.5) is 11.4 Å². The first-order valence-corrected chi connectivity index (χ1v) is 11.3. The first-order valence-electron chi connectivity index (χ1n) is 9.83. The van der Waals surface area contributed by atoms with Gasteiger partial charge in [0.25, 0.3) is 5.91 Å². The fraction of sp³-hybridized carbons (Fsp3) is 0.333. The fourth-order valence-electron chi connectivity index (χ4n) is 3.78. The highest BCUT2D eigenvalue weighted by Gasteiger charge is 2.40. The lowest BCUT2D eigenvalue weighted by Crippen LogP contribution is -2.43. The largest absolute Gasteiger partial charge is 0.495 e. The van der Waals surface area contributed by atoms with Gasteiger partial charge in [-0.05, 0) is 55.7 Å². The van der Waals surface area contributed by atoms with Crippen LogP contribution in [0.5, 0.6) is 11.5 Å². The van der Waals surface area contributed by atoms with Gasteiger partial charge in [0.05, 0.1) is 23.4 Å². The van der Waals surface area contributed by atoms with Crippen molar-refractivity contribution >= 4 is 33.2 Å². The minimum atomic E-state index is -3.97. The quantitative estimate of drug-likeness (QED) is 0.729. The summed E-state index contributed by atoms with van der Waals surface area (Å²) in [5.41, 5.74) is 1.72. The SMILES string of the molecule is COc1ccc(C)cc1NC(=O)[C@@H]1CCCN1S(=O)(=O)c1ccc2c(c1)NC(=O)CO2. The lowest BCUT2D eigenvalue weighted by Gasteiger charge is -2.25. The average Bonchev–Trinajstić information content (AvgIpc) is 3.24. The minimum absolute atomic E-state index is 0.00936. The van der Waals surface area contributed by atoms with E-state index in [9.17, 15) is 18.0 Å². The van der Waals surface area contributed by atoms with Crippen molar-refractivity contribution in [2.45, 2.75) is 30.7 Å². The standard InChI is InChI=1S/C21H23N3O6S/c1-13-5-7-18(29-2)15(10-13)23-21(26)17-4-3-9-24(17)31(27,28)14-6-8-19-16(11-14)22-20(25)12-30-19/h5-8,10-11,17H,3-4,9,12H2,1-2H3,(H,22,25)(H,23,26)/t17-/m0/s1. The van der Waals surface area contributed by atoms with Crippen LogP contribution in [0.15, 0.2) is 41.3 Å². The summed E-state index contributed by atoms with van der Waals surface area (Å²) >= 11 is 0. The third-order valence-electron chi connectivity index (χ3n) is 5.31. The number of hydrogen-bond donors (Lipinski definition) is 2. The van der Waals surface area contributed by atoms with Crippen LogP contribution in [0.1, 0.15) is 18.4 Å².